The summed E-state index contributed by atoms with van der Waals surface area (Å²) >= 11 is 0. The fourth-order valence-corrected chi connectivity index (χ4v) is 3.73. The molecule has 0 radical (unpaired) electrons. The van der Waals surface area contributed by atoms with Gasteiger partial charge in [0.05, 0.1) is 11.3 Å². The van der Waals surface area contributed by atoms with Crippen molar-refractivity contribution in [2.45, 2.75) is 18.8 Å². The third-order valence-electron chi connectivity index (χ3n) is 5.06. The Bertz CT molecular complexity index is 840. The Labute approximate surface area is 151 Å². The first-order valence-electron chi connectivity index (χ1n) is 8.91. The van der Waals surface area contributed by atoms with E-state index in [0.717, 1.165) is 30.6 Å². The highest BCUT2D eigenvalue weighted by atomic mass is 19.1. The molecule has 2 aromatic carbocycles. The number of amides is 1. The first-order valence-corrected chi connectivity index (χ1v) is 8.91. The van der Waals surface area contributed by atoms with Crippen LogP contribution in [-0.2, 0) is 0 Å². The van der Waals surface area contributed by atoms with Gasteiger partial charge in [-0.1, -0.05) is 12.1 Å². The lowest BCUT2D eigenvalue weighted by Crippen LogP contribution is -2.39. The Morgan fingerprint density at radius 3 is 3.04 bits per heavy atom. The third-order valence-corrected chi connectivity index (χ3v) is 5.06. The first-order chi connectivity index (χ1) is 12.6. The van der Waals surface area contributed by atoms with Crippen LogP contribution in [0.1, 0.15) is 34.7 Å². The second kappa shape index (κ2) is 6.86. The number of para-hydroxylation sites is 1. The number of likely N-dealkylation sites (tertiary alicyclic amines) is 1. The minimum absolute atomic E-state index is 0.0541. The van der Waals surface area contributed by atoms with E-state index in [1.54, 1.807) is 12.1 Å². The molecule has 0 spiro atoms. The zero-order valence-electron chi connectivity index (χ0n) is 14.4. The van der Waals surface area contributed by atoms with Gasteiger partial charge in [0.25, 0.3) is 5.91 Å². The van der Waals surface area contributed by atoms with E-state index in [2.05, 4.69) is 5.32 Å². The van der Waals surface area contributed by atoms with Crippen molar-refractivity contribution in [1.82, 2.24) is 4.90 Å². The lowest BCUT2D eigenvalue weighted by atomic mass is 9.90. The van der Waals surface area contributed by atoms with Crippen molar-refractivity contribution in [2.24, 2.45) is 0 Å². The molecule has 2 aliphatic rings. The van der Waals surface area contributed by atoms with Crippen LogP contribution in [0.2, 0.25) is 0 Å². The van der Waals surface area contributed by atoms with Crippen LogP contribution >= 0.6 is 0 Å². The number of piperidine rings is 1. The summed E-state index contributed by atoms with van der Waals surface area (Å²) in [5, 5.41) is 12.9. The molecule has 26 heavy (non-hydrogen) atoms. The SMILES string of the molecule is O=C(c1cccc2c1OCCN2)N1CCCC(c2ccc(F)c(O)c2)C1. The zero-order valence-corrected chi connectivity index (χ0v) is 14.4. The molecule has 0 bridgehead atoms. The molecule has 0 saturated carbocycles. The van der Waals surface area contributed by atoms with E-state index in [9.17, 15) is 14.3 Å². The highest BCUT2D eigenvalue weighted by molar-refractivity contribution is 5.99. The van der Waals surface area contributed by atoms with E-state index in [-0.39, 0.29) is 17.6 Å². The Kier molecular flexibility index (Phi) is 4.41. The summed E-state index contributed by atoms with van der Waals surface area (Å²) in [4.78, 5) is 14.9. The molecule has 1 unspecified atom stereocenters. The van der Waals surface area contributed by atoms with Crippen LogP contribution in [0.3, 0.4) is 0 Å². The number of phenols is 1. The highest BCUT2D eigenvalue weighted by Crippen LogP contribution is 2.34. The Hall–Kier alpha value is -2.76. The second-order valence-corrected chi connectivity index (χ2v) is 6.76. The van der Waals surface area contributed by atoms with E-state index in [0.29, 0.717) is 31.0 Å². The number of nitrogens with zero attached hydrogens (tertiary/aromatic N) is 1. The molecule has 0 aromatic heterocycles. The standard InChI is InChI=1S/C20H21FN2O3/c21-16-7-6-13(11-18(16)24)14-3-2-9-23(12-14)20(25)15-4-1-5-17-19(15)26-10-8-22-17/h1,4-7,11,14,22,24H,2-3,8-10,12H2. The van der Waals surface area contributed by atoms with Gasteiger partial charge in [0.1, 0.15) is 6.61 Å². The number of halogens is 1. The number of nitrogens with one attached hydrogen (secondary N) is 1. The number of carbonyl (C=O) groups is 1. The first kappa shape index (κ1) is 16.7. The molecule has 1 saturated heterocycles. The number of anilines is 1. The number of phenolic OH excluding ortho intramolecular Hbond substituents is 1. The molecule has 1 amide bonds. The molecule has 6 heteroatoms. The summed E-state index contributed by atoms with van der Waals surface area (Å²) in [5.41, 5.74) is 2.27. The molecule has 1 atom stereocenters. The van der Waals surface area contributed by atoms with E-state index in [1.165, 1.54) is 12.1 Å². The summed E-state index contributed by atoms with van der Waals surface area (Å²) in [5.74, 6) is -0.328. The number of benzene rings is 2. The summed E-state index contributed by atoms with van der Waals surface area (Å²) in [6.45, 7) is 2.49. The maximum Gasteiger partial charge on any atom is 0.257 e. The van der Waals surface area contributed by atoms with Gasteiger partial charge in [-0.2, -0.15) is 0 Å². The maximum atomic E-state index is 13.3. The molecule has 0 aliphatic carbocycles. The fourth-order valence-electron chi connectivity index (χ4n) is 3.73. The topological polar surface area (TPSA) is 61.8 Å². The van der Waals surface area contributed by atoms with Crippen LogP contribution in [0.15, 0.2) is 36.4 Å². The number of ether oxygens (including phenoxy) is 1. The van der Waals surface area contributed by atoms with E-state index < -0.39 is 5.82 Å². The van der Waals surface area contributed by atoms with Crippen molar-refractivity contribution in [2.75, 3.05) is 31.6 Å². The van der Waals surface area contributed by atoms with Gasteiger partial charge in [0, 0.05) is 25.6 Å². The van der Waals surface area contributed by atoms with Gasteiger partial charge in [-0.3, -0.25) is 4.79 Å². The molecular weight excluding hydrogens is 335 g/mol. The van der Waals surface area contributed by atoms with Crippen molar-refractivity contribution >= 4 is 11.6 Å². The molecule has 1 fully saturated rings. The van der Waals surface area contributed by atoms with Crippen LogP contribution in [0.5, 0.6) is 11.5 Å². The fraction of sp³-hybridized carbons (Fsp3) is 0.350. The average molecular weight is 356 g/mol. The zero-order chi connectivity index (χ0) is 18.1. The van der Waals surface area contributed by atoms with Crippen LogP contribution in [0.25, 0.3) is 0 Å². The largest absolute Gasteiger partial charge is 0.505 e. The number of hydrogen-bond acceptors (Lipinski definition) is 4. The molecule has 2 aliphatic heterocycles. The molecule has 4 rings (SSSR count). The summed E-state index contributed by atoms with van der Waals surface area (Å²) in [6, 6.07) is 9.98. The summed E-state index contributed by atoms with van der Waals surface area (Å²) in [7, 11) is 0. The van der Waals surface area contributed by atoms with Gasteiger partial charge in [-0.15, -0.1) is 0 Å². The van der Waals surface area contributed by atoms with Crippen LogP contribution in [-0.4, -0.2) is 42.2 Å². The Morgan fingerprint density at radius 1 is 1.31 bits per heavy atom. The van der Waals surface area contributed by atoms with E-state index >= 15 is 0 Å². The molecule has 2 N–H and O–H groups in total. The minimum Gasteiger partial charge on any atom is -0.505 e. The molecule has 2 aromatic rings. The minimum atomic E-state index is -0.627. The highest BCUT2D eigenvalue weighted by Gasteiger charge is 2.28. The number of rotatable bonds is 2. The normalized spacial score (nSPS) is 19.3. The van der Waals surface area contributed by atoms with Gasteiger partial charge < -0.3 is 20.1 Å². The molecule has 5 nitrogen and oxygen atoms in total. The molecule has 2 heterocycles. The number of fused-ring (bicyclic) bond motifs is 1. The third kappa shape index (κ3) is 3.07. The van der Waals surface area contributed by atoms with E-state index in [4.69, 9.17) is 4.74 Å². The maximum absolute atomic E-state index is 13.3. The van der Waals surface area contributed by atoms with Crippen molar-refractivity contribution in [3.8, 4) is 11.5 Å². The van der Waals surface area contributed by atoms with Gasteiger partial charge in [0.2, 0.25) is 0 Å². The van der Waals surface area contributed by atoms with Crippen molar-refractivity contribution < 1.29 is 19.0 Å². The van der Waals surface area contributed by atoms with Crippen LogP contribution in [0, 0.1) is 5.82 Å². The Balaban J connectivity index is 1.56. The number of aromatic hydroxyl groups is 1. The number of hydrogen-bond donors (Lipinski definition) is 2. The second-order valence-electron chi connectivity index (χ2n) is 6.76. The smallest absolute Gasteiger partial charge is 0.257 e. The van der Waals surface area contributed by atoms with Crippen LogP contribution < -0.4 is 10.1 Å². The predicted molar refractivity (Wildman–Crippen MR) is 96.4 cm³/mol. The number of carbonyl (C=O) groups excluding carboxylic acids is 1. The quantitative estimate of drug-likeness (QED) is 0.866. The van der Waals surface area contributed by atoms with E-state index in [1.807, 2.05) is 17.0 Å². The molecular formula is C20H21FN2O3. The molecule has 136 valence electrons. The van der Waals surface area contributed by atoms with Gasteiger partial charge in [-0.05, 0) is 42.7 Å². The van der Waals surface area contributed by atoms with Crippen molar-refractivity contribution in [1.29, 1.82) is 0 Å². The lowest BCUT2D eigenvalue weighted by Gasteiger charge is -2.34. The van der Waals surface area contributed by atoms with Crippen LogP contribution in [0.4, 0.5) is 10.1 Å². The predicted octanol–water partition coefficient (Wildman–Crippen LogP) is 3.36. The van der Waals surface area contributed by atoms with Gasteiger partial charge in [0.15, 0.2) is 17.3 Å². The summed E-state index contributed by atoms with van der Waals surface area (Å²) in [6.07, 6.45) is 1.77. The monoisotopic (exact) mass is 356 g/mol. The lowest BCUT2D eigenvalue weighted by molar-refractivity contribution is 0.0702. The van der Waals surface area contributed by atoms with Crippen molar-refractivity contribution in [3.05, 3.63) is 53.3 Å². The van der Waals surface area contributed by atoms with Crippen molar-refractivity contribution in [3.63, 3.8) is 0 Å². The van der Waals surface area contributed by atoms with Gasteiger partial charge in [-0.25, -0.2) is 4.39 Å². The average Bonchev–Trinajstić information content (AvgIpc) is 2.69. The Morgan fingerprint density at radius 2 is 2.19 bits per heavy atom. The van der Waals surface area contributed by atoms with Gasteiger partial charge >= 0.3 is 0 Å². The summed E-state index contributed by atoms with van der Waals surface area (Å²) < 4.78 is 19.0.